The van der Waals surface area contributed by atoms with E-state index in [1.54, 1.807) is 12.1 Å². The molecule has 144 valence electrons. The molecule has 7 heteroatoms. The highest BCUT2D eigenvalue weighted by molar-refractivity contribution is 5.72. The second-order valence-corrected chi connectivity index (χ2v) is 6.80. The van der Waals surface area contributed by atoms with Gasteiger partial charge in [-0.05, 0) is 48.6 Å². The highest BCUT2D eigenvalue weighted by Crippen LogP contribution is 2.36. The van der Waals surface area contributed by atoms with Crippen LogP contribution in [0.3, 0.4) is 0 Å². The molecule has 2 N–H and O–H groups in total. The molecule has 0 bridgehead atoms. The van der Waals surface area contributed by atoms with Gasteiger partial charge in [0.15, 0.2) is 0 Å². The van der Waals surface area contributed by atoms with E-state index in [0.717, 1.165) is 11.1 Å². The maximum Gasteiger partial charge on any atom is 0.320 e. The number of nitrogens with one attached hydrogen (secondary N) is 1. The molecule has 0 radical (unpaired) electrons. The summed E-state index contributed by atoms with van der Waals surface area (Å²) in [5.74, 6) is -0.0215. The molecule has 1 atom stereocenters. The summed E-state index contributed by atoms with van der Waals surface area (Å²) in [5.41, 5.74) is 2.42. The first-order valence-electron chi connectivity index (χ1n) is 8.71. The molecule has 2 aromatic carbocycles. The van der Waals surface area contributed by atoms with Crippen molar-refractivity contribution in [1.29, 1.82) is 0 Å². The molecule has 2 aromatic rings. The van der Waals surface area contributed by atoms with E-state index in [0.29, 0.717) is 11.3 Å². The minimum Gasteiger partial charge on any atom is -0.480 e. The lowest BCUT2D eigenvalue weighted by molar-refractivity contribution is -0.385. The van der Waals surface area contributed by atoms with Crippen molar-refractivity contribution >= 4 is 11.7 Å². The van der Waals surface area contributed by atoms with Crippen LogP contribution in [-0.2, 0) is 11.3 Å². The Labute approximate surface area is 158 Å². The lowest BCUT2D eigenvalue weighted by Gasteiger charge is -2.15. The quantitative estimate of drug-likeness (QED) is 0.527. The first-order valence-corrected chi connectivity index (χ1v) is 8.71. The molecule has 2 rings (SSSR count). The summed E-state index contributed by atoms with van der Waals surface area (Å²) in [4.78, 5) is 21.9. The Balaban J connectivity index is 2.31. The van der Waals surface area contributed by atoms with Crippen LogP contribution in [0, 0.1) is 17.0 Å². The van der Waals surface area contributed by atoms with Crippen molar-refractivity contribution in [3.8, 4) is 11.5 Å². The highest BCUT2D eigenvalue weighted by Gasteiger charge is 2.19. The summed E-state index contributed by atoms with van der Waals surface area (Å²) in [6, 6.07) is 9.70. The van der Waals surface area contributed by atoms with Crippen molar-refractivity contribution in [3.05, 3.63) is 63.2 Å². The fraction of sp³-hybridized carbons (Fsp3) is 0.350. The second-order valence-electron chi connectivity index (χ2n) is 6.80. The monoisotopic (exact) mass is 372 g/mol. The van der Waals surface area contributed by atoms with Gasteiger partial charge < -0.3 is 15.2 Å². The Morgan fingerprint density at radius 2 is 1.89 bits per heavy atom. The summed E-state index contributed by atoms with van der Waals surface area (Å²) >= 11 is 0. The predicted molar refractivity (Wildman–Crippen MR) is 102 cm³/mol. The van der Waals surface area contributed by atoms with Crippen LogP contribution in [0.4, 0.5) is 5.69 Å². The molecule has 27 heavy (non-hydrogen) atoms. The van der Waals surface area contributed by atoms with Crippen LogP contribution in [0.2, 0.25) is 0 Å². The number of benzene rings is 2. The van der Waals surface area contributed by atoms with Gasteiger partial charge in [0.05, 0.1) is 4.92 Å². The van der Waals surface area contributed by atoms with Gasteiger partial charge in [0, 0.05) is 12.6 Å². The number of carboxylic acids is 1. The number of ether oxygens (including phenoxy) is 1. The summed E-state index contributed by atoms with van der Waals surface area (Å²) in [6.07, 6.45) is 0. The van der Waals surface area contributed by atoms with Crippen LogP contribution < -0.4 is 10.1 Å². The third-order valence-corrected chi connectivity index (χ3v) is 4.21. The maximum atomic E-state index is 11.5. The topological polar surface area (TPSA) is 102 Å². The van der Waals surface area contributed by atoms with Crippen LogP contribution in [0.5, 0.6) is 11.5 Å². The van der Waals surface area contributed by atoms with Gasteiger partial charge in [-0.25, -0.2) is 0 Å². The molecule has 7 nitrogen and oxygen atoms in total. The molecule has 0 fully saturated rings. The molecule has 0 aliphatic rings. The van der Waals surface area contributed by atoms with E-state index in [2.05, 4.69) is 5.32 Å². The second kappa shape index (κ2) is 8.64. The van der Waals surface area contributed by atoms with Crippen molar-refractivity contribution in [2.75, 3.05) is 0 Å². The number of hydrogen-bond acceptors (Lipinski definition) is 5. The first-order chi connectivity index (χ1) is 12.7. The molecule has 0 aliphatic carbocycles. The van der Waals surface area contributed by atoms with Gasteiger partial charge in [-0.1, -0.05) is 32.0 Å². The van der Waals surface area contributed by atoms with Crippen molar-refractivity contribution in [2.24, 2.45) is 0 Å². The van der Waals surface area contributed by atoms with Crippen molar-refractivity contribution < 1.29 is 19.6 Å². The van der Waals surface area contributed by atoms with Gasteiger partial charge in [0.1, 0.15) is 11.8 Å². The van der Waals surface area contributed by atoms with Crippen LogP contribution in [0.15, 0.2) is 36.4 Å². The van der Waals surface area contributed by atoms with Crippen LogP contribution in [0.1, 0.15) is 43.4 Å². The first kappa shape index (κ1) is 20.4. The molecule has 0 amide bonds. The van der Waals surface area contributed by atoms with E-state index in [1.165, 1.54) is 13.0 Å². The Kier molecular flexibility index (Phi) is 6.52. The number of aliphatic carboxylic acids is 1. The lowest BCUT2D eigenvalue weighted by atomic mass is 10.0. The SMILES string of the molecule is Cc1ccc(C(C)C)c(Oc2ccc(CN[C@@H](C)C(=O)O)cc2[N+](=O)[O-])c1. The van der Waals surface area contributed by atoms with E-state index >= 15 is 0 Å². The number of carboxylic acid groups (broad SMARTS) is 1. The van der Waals surface area contributed by atoms with Crippen molar-refractivity contribution in [3.63, 3.8) is 0 Å². The number of nitro benzene ring substituents is 1. The Morgan fingerprint density at radius 3 is 2.48 bits per heavy atom. The molecule has 0 aromatic heterocycles. The zero-order valence-corrected chi connectivity index (χ0v) is 15.9. The van der Waals surface area contributed by atoms with E-state index in [4.69, 9.17) is 9.84 Å². The number of aryl methyl sites for hydroxylation is 1. The van der Waals surface area contributed by atoms with E-state index in [1.807, 2.05) is 39.0 Å². The fourth-order valence-electron chi connectivity index (χ4n) is 2.59. The molecular formula is C20H24N2O5. The zero-order chi connectivity index (χ0) is 20.1. The smallest absolute Gasteiger partial charge is 0.320 e. The predicted octanol–water partition coefficient (Wildman–Crippen LogP) is 4.38. The summed E-state index contributed by atoms with van der Waals surface area (Å²) < 4.78 is 5.91. The van der Waals surface area contributed by atoms with Crippen LogP contribution in [-0.4, -0.2) is 22.0 Å². The minimum absolute atomic E-state index is 0.155. The molecule has 0 saturated carbocycles. The van der Waals surface area contributed by atoms with Crippen LogP contribution >= 0.6 is 0 Å². The number of carbonyl (C=O) groups is 1. The number of hydrogen-bond donors (Lipinski definition) is 2. The standard InChI is InChI=1S/C20H24N2O5/c1-12(2)16-7-5-13(3)9-19(16)27-18-8-6-15(10-17(18)22(25)26)11-21-14(4)20(23)24/h5-10,12,14,21H,11H2,1-4H3,(H,23,24)/t14-/m0/s1. The zero-order valence-electron chi connectivity index (χ0n) is 15.9. The van der Waals surface area contributed by atoms with Crippen molar-refractivity contribution in [2.45, 2.75) is 46.2 Å². The van der Waals surface area contributed by atoms with Gasteiger partial charge >= 0.3 is 11.7 Å². The third kappa shape index (κ3) is 5.27. The van der Waals surface area contributed by atoms with Gasteiger partial charge in [-0.15, -0.1) is 0 Å². The lowest BCUT2D eigenvalue weighted by Crippen LogP contribution is -2.33. The average Bonchev–Trinajstić information content (AvgIpc) is 2.60. The van der Waals surface area contributed by atoms with E-state index < -0.39 is 16.9 Å². The van der Waals surface area contributed by atoms with Gasteiger partial charge in [0.25, 0.3) is 0 Å². The molecule has 0 aliphatic heterocycles. The summed E-state index contributed by atoms with van der Waals surface area (Å²) in [5, 5.41) is 23.2. The van der Waals surface area contributed by atoms with E-state index in [9.17, 15) is 14.9 Å². The average molecular weight is 372 g/mol. The Hall–Kier alpha value is -2.93. The van der Waals surface area contributed by atoms with Gasteiger partial charge in [-0.2, -0.15) is 0 Å². The third-order valence-electron chi connectivity index (χ3n) is 4.21. The largest absolute Gasteiger partial charge is 0.480 e. The number of nitrogens with zero attached hydrogens (tertiary/aromatic N) is 1. The fourth-order valence-corrected chi connectivity index (χ4v) is 2.59. The van der Waals surface area contributed by atoms with Gasteiger partial charge in [-0.3, -0.25) is 14.9 Å². The van der Waals surface area contributed by atoms with E-state index in [-0.39, 0.29) is 23.9 Å². The maximum absolute atomic E-state index is 11.5. The normalized spacial score (nSPS) is 12.0. The van der Waals surface area contributed by atoms with Crippen molar-refractivity contribution in [1.82, 2.24) is 5.32 Å². The molecule has 0 heterocycles. The Morgan fingerprint density at radius 1 is 1.19 bits per heavy atom. The summed E-state index contributed by atoms with van der Waals surface area (Å²) in [7, 11) is 0. The van der Waals surface area contributed by atoms with Gasteiger partial charge in [0.2, 0.25) is 5.75 Å². The number of nitro groups is 1. The minimum atomic E-state index is -0.981. The highest BCUT2D eigenvalue weighted by atomic mass is 16.6. The summed E-state index contributed by atoms with van der Waals surface area (Å²) in [6.45, 7) is 7.72. The Bertz CT molecular complexity index is 848. The van der Waals surface area contributed by atoms with Crippen LogP contribution in [0.25, 0.3) is 0 Å². The number of rotatable bonds is 8. The molecular weight excluding hydrogens is 348 g/mol. The molecule has 0 saturated heterocycles. The molecule has 0 spiro atoms. The molecule has 0 unspecified atom stereocenters.